The summed E-state index contributed by atoms with van der Waals surface area (Å²) in [4.78, 5) is 15.8. The molecule has 0 saturated heterocycles. The van der Waals surface area contributed by atoms with Gasteiger partial charge in [-0.25, -0.2) is 9.78 Å². The Labute approximate surface area is 122 Å². The van der Waals surface area contributed by atoms with Gasteiger partial charge in [0.15, 0.2) is 11.5 Å². The molecule has 0 saturated carbocycles. The minimum Gasteiger partial charge on any atom is -0.493 e. The van der Waals surface area contributed by atoms with Crippen LogP contribution in [0.25, 0.3) is 0 Å². The average Bonchev–Trinajstić information content (AvgIpc) is 2.94. The van der Waals surface area contributed by atoms with Gasteiger partial charge in [-0.15, -0.1) is 0 Å². The fourth-order valence-electron chi connectivity index (χ4n) is 2.51. The first-order valence-corrected chi connectivity index (χ1v) is 6.76. The van der Waals surface area contributed by atoms with E-state index >= 15 is 0 Å². The number of ether oxygens (including phenoxy) is 2. The molecule has 5 nitrogen and oxygen atoms in total. The molecule has 108 valence electrons. The monoisotopic (exact) mass is 285 g/mol. The Hall–Kier alpha value is -2.56. The summed E-state index contributed by atoms with van der Waals surface area (Å²) in [6.07, 6.45) is 3.07. The molecule has 0 unspecified atom stereocenters. The second-order valence-electron chi connectivity index (χ2n) is 4.85. The first kappa shape index (κ1) is 13.4. The van der Waals surface area contributed by atoms with E-state index in [9.17, 15) is 9.90 Å². The molecule has 1 aliphatic rings. The molecule has 0 fully saturated rings. The third-order valence-corrected chi connectivity index (χ3v) is 3.54. The Kier molecular flexibility index (Phi) is 3.48. The number of aromatic carboxylic acids is 1. The summed E-state index contributed by atoms with van der Waals surface area (Å²) in [5, 5.41) is 9.26. The van der Waals surface area contributed by atoms with Crippen molar-refractivity contribution in [2.75, 3.05) is 7.11 Å². The molecule has 1 heterocycles. The van der Waals surface area contributed by atoms with Crippen molar-refractivity contribution in [1.82, 2.24) is 4.98 Å². The molecule has 1 aliphatic carbocycles. The summed E-state index contributed by atoms with van der Waals surface area (Å²) >= 11 is 0. The maximum absolute atomic E-state index is 11.3. The predicted octanol–water partition coefficient (Wildman–Crippen LogP) is 3.07. The van der Waals surface area contributed by atoms with E-state index in [1.807, 2.05) is 6.07 Å². The number of hydrogen-bond acceptors (Lipinski definition) is 4. The number of pyridine rings is 1. The summed E-state index contributed by atoms with van der Waals surface area (Å²) in [5.74, 6) is -0.122. The van der Waals surface area contributed by atoms with E-state index in [0.29, 0.717) is 11.6 Å². The van der Waals surface area contributed by atoms with Gasteiger partial charge in [-0.2, -0.15) is 0 Å². The first-order chi connectivity index (χ1) is 10.2. The van der Waals surface area contributed by atoms with Gasteiger partial charge in [-0.1, -0.05) is 12.1 Å². The van der Waals surface area contributed by atoms with Crippen molar-refractivity contribution in [3.05, 3.63) is 47.2 Å². The molecule has 21 heavy (non-hydrogen) atoms. The van der Waals surface area contributed by atoms with Gasteiger partial charge in [-0.05, 0) is 37.0 Å². The van der Waals surface area contributed by atoms with Crippen LogP contribution in [-0.4, -0.2) is 23.2 Å². The normalized spacial score (nSPS) is 12.8. The Morgan fingerprint density at radius 3 is 2.86 bits per heavy atom. The molecule has 0 amide bonds. The molecule has 5 heteroatoms. The van der Waals surface area contributed by atoms with Crippen LogP contribution in [0, 0.1) is 0 Å². The number of rotatable bonds is 4. The van der Waals surface area contributed by atoms with Gasteiger partial charge in [0.25, 0.3) is 0 Å². The second kappa shape index (κ2) is 5.44. The zero-order valence-corrected chi connectivity index (χ0v) is 11.6. The number of methoxy groups -OCH3 is 1. The second-order valence-corrected chi connectivity index (χ2v) is 4.85. The summed E-state index contributed by atoms with van der Waals surface area (Å²) in [6.45, 7) is 0. The van der Waals surface area contributed by atoms with Crippen molar-refractivity contribution in [1.29, 1.82) is 0 Å². The number of carboxylic acids is 1. The molecular weight excluding hydrogens is 270 g/mol. The van der Waals surface area contributed by atoms with Crippen LogP contribution < -0.4 is 9.47 Å². The Bertz CT molecular complexity index is 697. The van der Waals surface area contributed by atoms with Gasteiger partial charge in [0.05, 0.1) is 7.11 Å². The van der Waals surface area contributed by atoms with Crippen molar-refractivity contribution in [2.45, 2.75) is 19.3 Å². The van der Waals surface area contributed by atoms with Crippen LogP contribution in [-0.2, 0) is 12.8 Å². The van der Waals surface area contributed by atoms with Crippen LogP contribution in [0.4, 0.5) is 0 Å². The SMILES string of the molecule is COc1cccc(C(=O)O)c1Oc1ccc2c(n1)CCC2. The van der Waals surface area contributed by atoms with E-state index in [2.05, 4.69) is 4.98 Å². The van der Waals surface area contributed by atoms with Crippen LogP contribution in [0.2, 0.25) is 0 Å². The molecule has 3 rings (SSSR count). The Balaban J connectivity index is 1.99. The lowest BCUT2D eigenvalue weighted by atomic mass is 10.2. The highest BCUT2D eigenvalue weighted by molar-refractivity contribution is 5.92. The largest absolute Gasteiger partial charge is 0.493 e. The van der Waals surface area contributed by atoms with E-state index < -0.39 is 5.97 Å². The van der Waals surface area contributed by atoms with E-state index in [1.54, 1.807) is 18.2 Å². The Morgan fingerprint density at radius 1 is 1.24 bits per heavy atom. The quantitative estimate of drug-likeness (QED) is 0.935. The van der Waals surface area contributed by atoms with Crippen molar-refractivity contribution < 1.29 is 19.4 Å². The first-order valence-electron chi connectivity index (χ1n) is 6.76. The number of aryl methyl sites for hydroxylation is 2. The summed E-state index contributed by atoms with van der Waals surface area (Å²) in [7, 11) is 1.48. The maximum atomic E-state index is 11.3. The van der Waals surface area contributed by atoms with Crippen molar-refractivity contribution in [3.63, 3.8) is 0 Å². The van der Waals surface area contributed by atoms with Gasteiger partial charge in [0, 0.05) is 11.8 Å². The lowest BCUT2D eigenvalue weighted by Gasteiger charge is -2.12. The molecular formula is C16H15NO4. The number of carboxylic acid groups (broad SMARTS) is 1. The van der Waals surface area contributed by atoms with Gasteiger partial charge in [0.1, 0.15) is 5.56 Å². The number of para-hydroxylation sites is 1. The summed E-state index contributed by atoms with van der Waals surface area (Å²) in [5.41, 5.74) is 2.32. The Morgan fingerprint density at radius 2 is 2.10 bits per heavy atom. The smallest absolute Gasteiger partial charge is 0.339 e. The van der Waals surface area contributed by atoms with E-state index in [1.165, 1.54) is 18.7 Å². The fraction of sp³-hybridized carbons (Fsp3) is 0.250. The molecule has 1 N–H and O–H groups in total. The zero-order valence-electron chi connectivity index (χ0n) is 11.6. The average molecular weight is 285 g/mol. The molecule has 1 aromatic heterocycles. The van der Waals surface area contributed by atoms with Crippen molar-refractivity contribution in [3.8, 4) is 17.4 Å². The molecule has 1 aromatic carbocycles. The van der Waals surface area contributed by atoms with Crippen molar-refractivity contribution >= 4 is 5.97 Å². The van der Waals surface area contributed by atoms with E-state index in [0.717, 1.165) is 25.0 Å². The number of hydrogen-bond donors (Lipinski definition) is 1. The molecule has 2 aromatic rings. The third kappa shape index (κ3) is 2.54. The lowest BCUT2D eigenvalue weighted by molar-refractivity contribution is 0.0693. The number of carbonyl (C=O) groups is 1. The predicted molar refractivity (Wildman–Crippen MR) is 76.3 cm³/mol. The molecule has 0 bridgehead atoms. The number of nitrogens with zero attached hydrogens (tertiary/aromatic N) is 1. The van der Waals surface area contributed by atoms with Crippen LogP contribution in [0.1, 0.15) is 28.0 Å². The standard InChI is InChI=1S/C16H15NO4/c1-20-13-7-3-5-11(16(18)19)15(13)21-14-9-8-10-4-2-6-12(10)17-14/h3,5,7-9H,2,4,6H2,1H3,(H,18,19). The topological polar surface area (TPSA) is 68.7 Å². The van der Waals surface area contributed by atoms with Gasteiger partial charge in [-0.3, -0.25) is 0 Å². The van der Waals surface area contributed by atoms with Gasteiger partial charge >= 0.3 is 5.97 Å². The third-order valence-electron chi connectivity index (χ3n) is 3.54. The highest BCUT2D eigenvalue weighted by atomic mass is 16.5. The summed E-state index contributed by atoms with van der Waals surface area (Å²) in [6, 6.07) is 8.51. The number of benzene rings is 1. The number of fused-ring (bicyclic) bond motifs is 1. The van der Waals surface area contributed by atoms with Crippen LogP contribution in [0.3, 0.4) is 0 Å². The summed E-state index contributed by atoms with van der Waals surface area (Å²) < 4.78 is 10.9. The zero-order chi connectivity index (χ0) is 14.8. The molecule has 0 spiro atoms. The minimum absolute atomic E-state index is 0.0525. The minimum atomic E-state index is -1.06. The van der Waals surface area contributed by atoms with Crippen molar-refractivity contribution in [2.24, 2.45) is 0 Å². The maximum Gasteiger partial charge on any atom is 0.339 e. The van der Waals surface area contributed by atoms with Gasteiger partial charge in [0.2, 0.25) is 5.88 Å². The van der Waals surface area contributed by atoms with Crippen LogP contribution >= 0.6 is 0 Å². The fourth-order valence-corrected chi connectivity index (χ4v) is 2.51. The lowest BCUT2D eigenvalue weighted by Crippen LogP contribution is -2.03. The molecule has 0 aliphatic heterocycles. The number of aromatic nitrogens is 1. The van der Waals surface area contributed by atoms with E-state index in [-0.39, 0.29) is 11.3 Å². The van der Waals surface area contributed by atoms with Crippen LogP contribution in [0.15, 0.2) is 30.3 Å². The highest BCUT2D eigenvalue weighted by Gasteiger charge is 2.19. The molecule has 0 radical (unpaired) electrons. The van der Waals surface area contributed by atoms with Crippen LogP contribution in [0.5, 0.6) is 17.4 Å². The van der Waals surface area contributed by atoms with E-state index in [4.69, 9.17) is 9.47 Å². The molecule has 0 atom stereocenters. The van der Waals surface area contributed by atoms with Gasteiger partial charge < -0.3 is 14.6 Å². The highest BCUT2D eigenvalue weighted by Crippen LogP contribution is 2.35.